The number of hydrogen-bond donors (Lipinski definition) is 1. The van der Waals surface area contributed by atoms with Gasteiger partial charge in [-0.15, -0.1) is 0 Å². The number of nitriles is 1. The van der Waals surface area contributed by atoms with E-state index < -0.39 is 0 Å². The monoisotopic (exact) mass is 180 g/mol. The highest BCUT2D eigenvalue weighted by molar-refractivity contribution is 8.02. The first-order valence-corrected chi connectivity index (χ1v) is 4.31. The lowest BCUT2D eigenvalue weighted by atomic mass is 10.3. The Morgan fingerprint density at radius 2 is 2.50 bits per heavy atom. The van der Waals surface area contributed by atoms with Gasteiger partial charge in [-0.25, -0.2) is 9.97 Å². The highest BCUT2D eigenvalue weighted by Gasteiger charge is 2.00. The van der Waals surface area contributed by atoms with E-state index in [1.165, 1.54) is 0 Å². The molecular formula is C7H8N4S. The lowest BCUT2D eigenvalue weighted by Gasteiger charge is -2.00. The van der Waals surface area contributed by atoms with E-state index in [-0.39, 0.29) is 0 Å². The van der Waals surface area contributed by atoms with E-state index in [1.54, 1.807) is 13.1 Å². The second-order valence-corrected chi connectivity index (χ2v) is 2.97. The molecule has 12 heavy (non-hydrogen) atoms. The molecule has 0 atom stereocenters. The number of nitrogens with two attached hydrogens (primary N) is 1. The van der Waals surface area contributed by atoms with Gasteiger partial charge in [0.05, 0.1) is 0 Å². The Hall–Kier alpha value is -1.28. The third-order valence-electron chi connectivity index (χ3n) is 1.31. The van der Waals surface area contributed by atoms with E-state index >= 15 is 0 Å². The van der Waals surface area contributed by atoms with E-state index in [2.05, 4.69) is 9.97 Å². The van der Waals surface area contributed by atoms with Crippen LogP contribution in [0.4, 0.5) is 5.82 Å². The SMILES string of the molecule is Cc1ncc(CSC#N)c(N)n1. The number of aromatic nitrogens is 2. The smallest absolute Gasteiger partial charge is 0.133 e. The number of anilines is 1. The van der Waals surface area contributed by atoms with E-state index in [9.17, 15) is 0 Å². The number of aryl methyl sites for hydroxylation is 1. The fourth-order valence-corrected chi connectivity index (χ4v) is 1.18. The standard InChI is InChI=1S/C7H8N4S/c1-5-10-2-6(3-12-4-8)7(9)11-5/h2H,3H2,1H3,(H2,9,10,11). The van der Waals surface area contributed by atoms with E-state index in [4.69, 9.17) is 11.0 Å². The summed E-state index contributed by atoms with van der Waals surface area (Å²) < 4.78 is 0. The zero-order chi connectivity index (χ0) is 8.97. The number of hydrogen-bond acceptors (Lipinski definition) is 5. The minimum Gasteiger partial charge on any atom is -0.383 e. The summed E-state index contributed by atoms with van der Waals surface area (Å²) in [4.78, 5) is 7.95. The van der Waals surface area contributed by atoms with Crippen molar-refractivity contribution < 1.29 is 0 Å². The molecule has 0 aliphatic carbocycles. The fraction of sp³-hybridized carbons (Fsp3) is 0.286. The Morgan fingerprint density at radius 3 is 3.08 bits per heavy atom. The van der Waals surface area contributed by atoms with Crippen molar-refractivity contribution in [3.63, 3.8) is 0 Å². The largest absolute Gasteiger partial charge is 0.383 e. The maximum atomic E-state index is 8.30. The van der Waals surface area contributed by atoms with Crippen molar-refractivity contribution in [2.45, 2.75) is 12.7 Å². The predicted molar refractivity (Wildman–Crippen MR) is 48.1 cm³/mol. The molecule has 0 spiro atoms. The number of nitrogen functional groups attached to an aromatic ring is 1. The first-order chi connectivity index (χ1) is 5.74. The molecule has 0 aliphatic rings. The molecule has 4 nitrogen and oxygen atoms in total. The summed E-state index contributed by atoms with van der Waals surface area (Å²) in [6.45, 7) is 1.78. The molecule has 0 saturated carbocycles. The predicted octanol–water partition coefficient (Wildman–Crippen LogP) is 1.08. The number of nitrogens with zero attached hydrogens (tertiary/aromatic N) is 3. The summed E-state index contributed by atoms with van der Waals surface area (Å²) in [6.07, 6.45) is 1.65. The fourth-order valence-electron chi connectivity index (χ4n) is 0.734. The summed E-state index contributed by atoms with van der Waals surface area (Å²) in [5.74, 6) is 1.66. The van der Waals surface area contributed by atoms with Crippen LogP contribution in [0.5, 0.6) is 0 Å². The summed E-state index contributed by atoms with van der Waals surface area (Å²) in [5.41, 5.74) is 6.40. The molecule has 0 unspecified atom stereocenters. The normalized spacial score (nSPS) is 9.33. The molecule has 0 radical (unpaired) electrons. The molecule has 0 aliphatic heterocycles. The quantitative estimate of drug-likeness (QED) is 0.689. The Morgan fingerprint density at radius 1 is 1.75 bits per heavy atom. The highest BCUT2D eigenvalue weighted by atomic mass is 32.2. The van der Waals surface area contributed by atoms with Gasteiger partial charge in [0.1, 0.15) is 17.0 Å². The molecule has 1 rings (SSSR count). The molecular weight excluding hydrogens is 172 g/mol. The lowest BCUT2D eigenvalue weighted by molar-refractivity contribution is 1.04. The molecule has 0 aromatic carbocycles. The summed E-state index contributed by atoms with van der Waals surface area (Å²) in [7, 11) is 0. The van der Waals surface area contributed by atoms with Crippen molar-refractivity contribution >= 4 is 17.6 Å². The molecule has 0 amide bonds. The van der Waals surface area contributed by atoms with Crippen molar-refractivity contribution in [3.8, 4) is 5.40 Å². The number of rotatable bonds is 2. The summed E-state index contributed by atoms with van der Waals surface area (Å²) in [5, 5.41) is 10.3. The zero-order valence-corrected chi connectivity index (χ0v) is 7.43. The molecule has 0 bridgehead atoms. The average Bonchev–Trinajstić information content (AvgIpc) is 2.03. The van der Waals surface area contributed by atoms with Crippen LogP contribution in [0.1, 0.15) is 11.4 Å². The van der Waals surface area contributed by atoms with E-state index in [0.717, 1.165) is 17.3 Å². The van der Waals surface area contributed by atoms with Crippen LogP contribution in [-0.2, 0) is 5.75 Å². The molecule has 1 heterocycles. The van der Waals surface area contributed by atoms with Crippen LogP contribution in [0.3, 0.4) is 0 Å². The third-order valence-corrected chi connectivity index (χ3v) is 1.90. The van der Waals surface area contributed by atoms with Gasteiger partial charge < -0.3 is 5.73 Å². The van der Waals surface area contributed by atoms with Crippen LogP contribution in [0.25, 0.3) is 0 Å². The van der Waals surface area contributed by atoms with Gasteiger partial charge in [0.25, 0.3) is 0 Å². The third kappa shape index (κ3) is 2.10. The Labute approximate surface area is 74.8 Å². The van der Waals surface area contributed by atoms with Crippen LogP contribution in [0, 0.1) is 17.6 Å². The van der Waals surface area contributed by atoms with Crippen LogP contribution < -0.4 is 5.73 Å². The topological polar surface area (TPSA) is 75.6 Å². The maximum Gasteiger partial charge on any atom is 0.133 e. The highest BCUT2D eigenvalue weighted by Crippen LogP contribution is 2.14. The van der Waals surface area contributed by atoms with Gasteiger partial charge >= 0.3 is 0 Å². The molecule has 2 N–H and O–H groups in total. The van der Waals surface area contributed by atoms with E-state index in [1.807, 2.05) is 5.40 Å². The van der Waals surface area contributed by atoms with E-state index in [0.29, 0.717) is 17.4 Å². The first kappa shape index (κ1) is 8.81. The van der Waals surface area contributed by atoms with Gasteiger partial charge in [0, 0.05) is 17.5 Å². The van der Waals surface area contributed by atoms with Crippen molar-refractivity contribution in [1.29, 1.82) is 5.26 Å². The van der Waals surface area contributed by atoms with Gasteiger partial charge in [0.2, 0.25) is 0 Å². The maximum absolute atomic E-state index is 8.30. The summed E-state index contributed by atoms with van der Waals surface area (Å²) in [6, 6.07) is 0. The minimum absolute atomic E-state index is 0.463. The van der Waals surface area contributed by atoms with Gasteiger partial charge in [0.15, 0.2) is 0 Å². The van der Waals surface area contributed by atoms with Crippen LogP contribution >= 0.6 is 11.8 Å². The Kier molecular flexibility index (Phi) is 2.88. The van der Waals surface area contributed by atoms with Crippen molar-refractivity contribution in [3.05, 3.63) is 17.6 Å². The molecule has 1 aromatic heterocycles. The van der Waals surface area contributed by atoms with Crippen molar-refractivity contribution in [1.82, 2.24) is 9.97 Å². The second kappa shape index (κ2) is 3.93. The van der Waals surface area contributed by atoms with Gasteiger partial charge in [-0.3, -0.25) is 0 Å². The van der Waals surface area contributed by atoms with Crippen LogP contribution in [-0.4, -0.2) is 9.97 Å². The molecule has 0 saturated heterocycles. The summed E-state index contributed by atoms with van der Waals surface area (Å²) >= 11 is 1.13. The minimum atomic E-state index is 0.463. The number of thiocyanates is 1. The van der Waals surface area contributed by atoms with Gasteiger partial charge in [-0.2, -0.15) is 5.26 Å². The lowest BCUT2D eigenvalue weighted by Crippen LogP contribution is -1.99. The average molecular weight is 180 g/mol. The number of thioether (sulfide) groups is 1. The zero-order valence-electron chi connectivity index (χ0n) is 6.61. The second-order valence-electron chi connectivity index (χ2n) is 2.21. The molecule has 5 heteroatoms. The van der Waals surface area contributed by atoms with Crippen molar-refractivity contribution in [2.75, 3.05) is 5.73 Å². The molecule has 1 aromatic rings. The van der Waals surface area contributed by atoms with Crippen molar-refractivity contribution in [2.24, 2.45) is 0 Å². The Bertz CT molecular complexity index is 318. The van der Waals surface area contributed by atoms with Crippen LogP contribution in [0.2, 0.25) is 0 Å². The van der Waals surface area contributed by atoms with Crippen LogP contribution in [0.15, 0.2) is 6.20 Å². The van der Waals surface area contributed by atoms with Gasteiger partial charge in [-0.05, 0) is 18.7 Å². The molecule has 62 valence electrons. The van der Waals surface area contributed by atoms with Gasteiger partial charge in [-0.1, -0.05) is 0 Å². The molecule has 0 fully saturated rings. The first-order valence-electron chi connectivity index (χ1n) is 3.33. The Balaban J connectivity index is 2.81.